The van der Waals surface area contributed by atoms with Gasteiger partial charge in [0.25, 0.3) is 0 Å². The van der Waals surface area contributed by atoms with Crippen molar-refractivity contribution >= 4 is 32.2 Å². The van der Waals surface area contributed by atoms with Crippen molar-refractivity contribution in [3.8, 4) is 21.8 Å². The van der Waals surface area contributed by atoms with Crippen molar-refractivity contribution < 1.29 is 0 Å². The molecule has 1 aliphatic rings. The lowest BCUT2D eigenvalue weighted by atomic mass is 9.82. The van der Waals surface area contributed by atoms with Crippen LogP contribution in [0.5, 0.6) is 0 Å². The molecule has 0 bridgehead atoms. The molecule has 0 N–H and O–H groups in total. The lowest BCUT2D eigenvalue weighted by Crippen LogP contribution is -2.12. The summed E-state index contributed by atoms with van der Waals surface area (Å²) in [6, 6.07) is 19.8. The second kappa shape index (κ2) is 6.73. The smallest absolute Gasteiger partial charge is 0.0836 e. The Morgan fingerprint density at radius 1 is 0.839 bits per heavy atom. The molecule has 31 heavy (non-hydrogen) atoms. The molecule has 5 aromatic rings. The molecule has 2 aromatic carbocycles. The Bertz CT molecular complexity index is 1470. The first-order valence-electron chi connectivity index (χ1n) is 10.9. The van der Waals surface area contributed by atoms with E-state index in [9.17, 15) is 0 Å². The van der Waals surface area contributed by atoms with Crippen LogP contribution < -0.4 is 0 Å². The number of nitrogens with zero attached hydrogens (tertiary/aromatic N) is 2. The molecule has 6 rings (SSSR count). The third-order valence-corrected chi connectivity index (χ3v) is 7.60. The Balaban J connectivity index is 1.66. The Hall–Kier alpha value is -3.04. The molecule has 0 saturated heterocycles. The van der Waals surface area contributed by atoms with Crippen molar-refractivity contribution in [1.29, 1.82) is 0 Å². The molecule has 3 aromatic heterocycles. The maximum atomic E-state index is 4.93. The van der Waals surface area contributed by atoms with Crippen LogP contribution in [0, 0.1) is 0 Å². The Labute approximate surface area is 186 Å². The van der Waals surface area contributed by atoms with Crippen LogP contribution in [-0.2, 0) is 18.3 Å². The summed E-state index contributed by atoms with van der Waals surface area (Å²) in [5, 5.41) is 3.92. The number of benzene rings is 2. The topological polar surface area (TPSA) is 25.8 Å². The highest BCUT2D eigenvalue weighted by atomic mass is 32.1. The maximum absolute atomic E-state index is 4.93. The number of fused-ring (bicyclic) bond motifs is 6. The summed E-state index contributed by atoms with van der Waals surface area (Å²) >= 11 is 1.86. The molecule has 0 unspecified atom stereocenters. The SMILES string of the molecule is CC(C)(C)c1cc(-c2nccc3sc4c(c23)CCc2cccnc2-4)cc2ccccc12. The molecule has 0 aliphatic heterocycles. The number of pyridine rings is 2. The zero-order valence-electron chi connectivity index (χ0n) is 18.1. The molecule has 0 atom stereocenters. The van der Waals surface area contributed by atoms with Gasteiger partial charge in [0, 0.05) is 28.0 Å². The van der Waals surface area contributed by atoms with Crippen molar-refractivity contribution in [3.63, 3.8) is 0 Å². The Morgan fingerprint density at radius 2 is 1.68 bits per heavy atom. The summed E-state index contributed by atoms with van der Waals surface area (Å²) in [5.74, 6) is 0. The number of hydrogen-bond acceptors (Lipinski definition) is 3. The zero-order valence-corrected chi connectivity index (χ0v) is 18.9. The molecule has 0 amide bonds. The fourth-order valence-electron chi connectivity index (χ4n) is 4.93. The van der Waals surface area contributed by atoms with Gasteiger partial charge in [-0.25, -0.2) is 0 Å². The van der Waals surface area contributed by atoms with E-state index in [1.807, 2.05) is 29.8 Å². The summed E-state index contributed by atoms with van der Waals surface area (Å²) in [4.78, 5) is 11.0. The third-order valence-electron chi connectivity index (χ3n) is 6.39. The number of aryl methyl sites for hydroxylation is 2. The van der Waals surface area contributed by atoms with Crippen LogP contribution >= 0.6 is 11.3 Å². The highest BCUT2D eigenvalue weighted by molar-refractivity contribution is 7.22. The standard InChI is InChI=1S/C28H24N2S/c1-28(2,3)22-16-19(15-18-7-4-5-9-20(18)22)25-24-21-11-10-17-8-6-13-29-26(17)27(21)31-23(24)12-14-30-25/h4-9,12-16H,10-11H2,1-3H3. The number of thiophene rings is 1. The molecule has 3 heteroatoms. The molecule has 0 saturated carbocycles. The number of rotatable bonds is 1. The second-order valence-electron chi connectivity index (χ2n) is 9.45. The first-order chi connectivity index (χ1) is 15.0. The first kappa shape index (κ1) is 18.7. The summed E-state index contributed by atoms with van der Waals surface area (Å²) < 4.78 is 1.30. The fraction of sp³-hybridized carbons (Fsp3) is 0.214. The van der Waals surface area contributed by atoms with E-state index in [-0.39, 0.29) is 5.41 Å². The molecular formula is C28H24N2S. The molecule has 3 heterocycles. The summed E-state index contributed by atoms with van der Waals surface area (Å²) in [5.41, 5.74) is 7.67. The quantitative estimate of drug-likeness (QED) is 0.279. The molecule has 152 valence electrons. The van der Waals surface area contributed by atoms with E-state index in [1.165, 1.54) is 48.0 Å². The van der Waals surface area contributed by atoms with Gasteiger partial charge < -0.3 is 0 Å². The number of aromatic nitrogens is 2. The largest absolute Gasteiger partial charge is 0.256 e. The minimum absolute atomic E-state index is 0.0560. The molecule has 0 radical (unpaired) electrons. The van der Waals surface area contributed by atoms with Crippen LogP contribution in [0.3, 0.4) is 0 Å². The van der Waals surface area contributed by atoms with Gasteiger partial charge in [-0.05, 0) is 70.0 Å². The van der Waals surface area contributed by atoms with Crippen LogP contribution in [0.15, 0.2) is 67.0 Å². The number of hydrogen-bond donors (Lipinski definition) is 0. The van der Waals surface area contributed by atoms with E-state index in [0.29, 0.717) is 0 Å². The van der Waals surface area contributed by atoms with Crippen LogP contribution in [-0.4, -0.2) is 9.97 Å². The van der Waals surface area contributed by atoms with Gasteiger partial charge in [0.05, 0.1) is 16.3 Å². The van der Waals surface area contributed by atoms with Gasteiger partial charge in [-0.2, -0.15) is 0 Å². The van der Waals surface area contributed by atoms with Crippen LogP contribution in [0.4, 0.5) is 0 Å². The first-order valence-corrected chi connectivity index (χ1v) is 11.7. The highest BCUT2D eigenvalue weighted by Gasteiger charge is 2.25. The summed E-state index contributed by atoms with van der Waals surface area (Å²) in [7, 11) is 0. The van der Waals surface area contributed by atoms with Crippen molar-refractivity contribution in [2.75, 3.05) is 0 Å². The van der Waals surface area contributed by atoms with Gasteiger partial charge in [-0.15, -0.1) is 11.3 Å². The molecular weight excluding hydrogens is 396 g/mol. The molecule has 1 aliphatic carbocycles. The van der Waals surface area contributed by atoms with Crippen LogP contribution in [0.1, 0.15) is 37.5 Å². The average Bonchev–Trinajstić information content (AvgIpc) is 3.17. The van der Waals surface area contributed by atoms with E-state index in [1.54, 1.807) is 0 Å². The van der Waals surface area contributed by atoms with Crippen molar-refractivity contribution in [2.45, 2.75) is 39.0 Å². The van der Waals surface area contributed by atoms with Crippen molar-refractivity contribution in [3.05, 3.63) is 83.7 Å². The molecule has 0 spiro atoms. The van der Waals surface area contributed by atoms with Gasteiger partial charge in [-0.3, -0.25) is 9.97 Å². The predicted molar refractivity (Wildman–Crippen MR) is 132 cm³/mol. The van der Waals surface area contributed by atoms with Gasteiger partial charge in [0.2, 0.25) is 0 Å². The highest BCUT2D eigenvalue weighted by Crippen LogP contribution is 2.46. The van der Waals surface area contributed by atoms with E-state index in [4.69, 9.17) is 9.97 Å². The molecule has 0 fully saturated rings. The Kier molecular flexibility index (Phi) is 4.06. The zero-order chi connectivity index (χ0) is 21.2. The summed E-state index contributed by atoms with van der Waals surface area (Å²) in [6.45, 7) is 6.88. The fourth-order valence-corrected chi connectivity index (χ4v) is 6.21. The third kappa shape index (κ3) is 2.91. The predicted octanol–water partition coefficient (Wildman–Crippen LogP) is 7.57. The minimum Gasteiger partial charge on any atom is -0.256 e. The van der Waals surface area contributed by atoms with E-state index in [2.05, 4.69) is 69.3 Å². The van der Waals surface area contributed by atoms with Crippen molar-refractivity contribution in [1.82, 2.24) is 9.97 Å². The summed E-state index contributed by atoms with van der Waals surface area (Å²) in [6.07, 6.45) is 5.97. The normalized spacial score (nSPS) is 13.4. The minimum atomic E-state index is 0.0560. The van der Waals surface area contributed by atoms with E-state index in [0.717, 1.165) is 24.2 Å². The lowest BCUT2D eigenvalue weighted by molar-refractivity contribution is 0.596. The Morgan fingerprint density at radius 3 is 2.55 bits per heavy atom. The van der Waals surface area contributed by atoms with E-state index >= 15 is 0 Å². The second-order valence-corrected chi connectivity index (χ2v) is 10.5. The van der Waals surface area contributed by atoms with Gasteiger partial charge in [0.15, 0.2) is 0 Å². The van der Waals surface area contributed by atoms with Crippen LogP contribution in [0.2, 0.25) is 0 Å². The van der Waals surface area contributed by atoms with Gasteiger partial charge in [0.1, 0.15) is 0 Å². The monoisotopic (exact) mass is 420 g/mol. The average molecular weight is 421 g/mol. The van der Waals surface area contributed by atoms with E-state index < -0.39 is 0 Å². The van der Waals surface area contributed by atoms with Crippen molar-refractivity contribution in [2.24, 2.45) is 0 Å². The van der Waals surface area contributed by atoms with Gasteiger partial charge >= 0.3 is 0 Å². The van der Waals surface area contributed by atoms with Crippen LogP contribution in [0.25, 0.3) is 42.7 Å². The van der Waals surface area contributed by atoms with Gasteiger partial charge in [-0.1, -0.05) is 51.1 Å². The lowest BCUT2D eigenvalue weighted by Gasteiger charge is -2.23. The molecule has 2 nitrogen and oxygen atoms in total. The maximum Gasteiger partial charge on any atom is 0.0836 e.